The molecule has 3 rings (SSSR count). The molecule has 0 bridgehead atoms. The van der Waals surface area contributed by atoms with Crippen molar-refractivity contribution < 1.29 is 13.9 Å². The number of carbonyl (C=O) groups excluding carboxylic acids is 1. The zero-order chi connectivity index (χ0) is 14.7. The van der Waals surface area contributed by atoms with Crippen molar-refractivity contribution in [3.63, 3.8) is 0 Å². The Morgan fingerprint density at radius 1 is 1.52 bits per heavy atom. The third-order valence-corrected chi connectivity index (χ3v) is 4.16. The Morgan fingerprint density at radius 2 is 2.43 bits per heavy atom. The number of amides is 1. The van der Waals surface area contributed by atoms with Gasteiger partial charge in [-0.3, -0.25) is 4.79 Å². The lowest BCUT2D eigenvalue weighted by Crippen LogP contribution is -2.47. The first-order valence-electron chi connectivity index (χ1n) is 6.96. The molecular weight excluding hydrogens is 290 g/mol. The minimum Gasteiger partial charge on any atom is -0.421 e. The number of hydrogen-bond acceptors (Lipinski definition) is 6. The number of carbonyl (C=O) groups is 1. The molecule has 0 N–H and O–H groups in total. The van der Waals surface area contributed by atoms with E-state index < -0.39 is 0 Å². The van der Waals surface area contributed by atoms with Crippen molar-refractivity contribution in [1.29, 1.82) is 0 Å². The molecule has 1 amide bonds. The molecule has 2 aromatic rings. The summed E-state index contributed by atoms with van der Waals surface area (Å²) in [6.45, 7) is 3.87. The summed E-state index contributed by atoms with van der Waals surface area (Å²) in [5, 5.41) is 11.9. The first-order valence-corrected chi connectivity index (χ1v) is 7.90. The smallest absolute Gasteiger partial charge is 0.248 e. The van der Waals surface area contributed by atoms with E-state index in [4.69, 9.17) is 9.15 Å². The van der Waals surface area contributed by atoms with Gasteiger partial charge in [-0.2, -0.15) is 11.3 Å². The predicted molar refractivity (Wildman–Crippen MR) is 77.9 cm³/mol. The molecule has 112 valence electrons. The van der Waals surface area contributed by atoms with Crippen LogP contribution in [0.1, 0.15) is 19.2 Å². The van der Waals surface area contributed by atoms with Crippen molar-refractivity contribution in [2.75, 3.05) is 19.8 Å². The van der Waals surface area contributed by atoms with Crippen molar-refractivity contribution in [1.82, 2.24) is 15.1 Å². The number of ether oxygens (including phenoxy) is 1. The van der Waals surface area contributed by atoms with Gasteiger partial charge in [0.15, 0.2) is 0 Å². The van der Waals surface area contributed by atoms with Crippen LogP contribution in [0.3, 0.4) is 0 Å². The second-order valence-electron chi connectivity index (χ2n) is 5.02. The van der Waals surface area contributed by atoms with Crippen molar-refractivity contribution in [2.45, 2.75) is 25.8 Å². The average Bonchev–Trinajstić information content (AvgIpc) is 3.16. The number of morpholine rings is 1. The van der Waals surface area contributed by atoms with E-state index in [1.54, 1.807) is 11.3 Å². The molecule has 1 atom stereocenters. The Kier molecular flexibility index (Phi) is 4.31. The molecule has 1 saturated heterocycles. The molecule has 21 heavy (non-hydrogen) atoms. The molecule has 0 aromatic carbocycles. The van der Waals surface area contributed by atoms with Gasteiger partial charge >= 0.3 is 0 Å². The van der Waals surface area contributed by atoms with Gasteiger partial charge in [-0.1, -0.05) is 0 Å². The van der Waals surface area contributed by atoms with Gasteiger partial charge in [-0.15, -0.1) is 10.2 Å². The zero-order valence-corrected chi connectivity index (χ0v) is 12.6. The largest absolute Gasteiger partial charge is 0.421 e. The molecule has 0 aliphatic carbocycles. The minimum atomic E-state index is 0.112. The summed E-state index contributed by atoms with van der Waals surface area (Å²) in [4.78, 5) is 14.1. The summed E-state index contributed by atoms with van der Waals surface area (Å²) in [6.07, 6.45) is 0.857. The standard InChI is InChI=1S/C14H17N3O3S/c1-10-8-19-6-5-17(10)13(18)3-2-12-15-16-14(20-12)11-4-7-21-9-11/h4,7,9-10H,2-3,5-6,8H2,1H3/t10-/m1/s1. The van der Waals surface area contributed by atoms with Gasteiger partial charge in [0.25, 0.3) is 0 Å². The number of aromatic nitrogens is 2. The maximum atomic E-state index is 12.2. The highest BCUT2D eigenvalue weighted by Crippen LogP contribution is 2.21. The Hall–Kier alpha value is -1.73. The Balaban J connectivity index is 1.56. The number of nitrogens with zero attached hydrogens (tertiary/aromatic N) is 3. The van der Waals surface area contributed by atoms with Crippen LogP contribution in [0, 0.1) is 0 Å². The number of hydrogen-bond donors (Lipinski definition) is 0. The molecule has 1 fully saturated rings. The topological polar surface area (TPSA) is 68.5 Å². The summed E-state index contributed by atoms with van der Waals surface area (Å²) < 4.78 is 10.9. The number of aryl methyl sites for hydroxylation is 1. The van der Waals surface area contributed by atoms with E-state index >= 15 is 0 Å². The molecule has 2 aromatic heterocycles. The van der Waals surface area contributed by atoms with E-state index in [1.165, 1.54) is 0 Å². The second-order valence-corrected chi connectivity index (χ2v) is 5.80. The molecule has 0 saturated carbocycles. The van der Waals surface area contributed by atoms with Crippen LogP contribution < -0.4 is 0 Å². The fourth-order valence-electron chi connectivity index (χ4n) is 2.31. The monoisotopic (exact) mass is 307 g/mol. The lowest BCUT2D eigenvalue weighted by Gasteiger charge is -2.33. The van der Waals surface area contributed by atoms with E-state index in [-0.39, 0.29) is 11.9 Å². The molecular formula is C14H17N3O3S. The maximum Gasteiger partial charge on any atom is 0.248 e. The normalized spacial score (nSPS) is 18.9. The third kappa shape index (κ3) is 3.30. The molecule has 1 aliphatic heterocycles. The zero-order valence-electron chi connectivity index (χ0n) is 11.8. The van der Waals surface area contributed by atoms with Crippen LogP contribution in [0.4, 0.5) is 0 Å². The molecule has 3 heterocycles. The van der Waals surface area contributed by atoms with Crippen LogP contribution in [0.25, 0.3) is 11.5 Å². The summed E-state index contributed by atoms with van der Waals surface area (Å²) in [5.41, 5.74) is 0.923. The van der Waals surface area contributed by atoms with Gasteiger partial charge < -0.3 is 14.1 Å². The average molecular weight is 307 g/mol. The molecule has 0 unspecified atom stereocenters. The van der Waals surface area contributed by atoms with E-state index in [1.807, 2.05) is 28.7 Å². The molecule has 0 radical (unpaired) electrons. The van der Waals surface area contributed by atoms with Crippen molar-refractivity contribution in [2.24, 2.45) is 0 Å². The van der Waals surface area contributed by atoms with Gasteiger partial charge in [0.2, 0.25) is 17.7 Å². The highest BCUT2D eigenvalue weighted by Gasteiger charge is 2.23. The van der Waals surface area contributed by atoms with E-state index in [2.05, 4.69) is 10.2 Å². The maximum absolute atomic E-state index is 12.2. The van der Waals surface area contributed by atoms with Crippen molar-refractivity contribution >= 4 is 17.2 Å². The van der Waals surface area contributed by atoms with Crippen LogP contribution in [-0.4, -0.2) is 46.8 Å². The SMILES string of the molecule is C[C@@H]1COCCN1C(=O)CCc1nnc(-c2ccsc2)o1. The second kappa shape index (κ2) is 6.36. The van der Waals surface area contributed by atoms with Gasteiger partial charge in [-0.25, -0.2) is 0 Å². The minimum absolute atomic E-state index is 0.112. The van der Waals surface area contributed by atoms with Crippen LogP contribution in [-0.2, 0) is 16.0 Å². The van der Waals surface area contributed by atoms with Gasteiger partial charge in [0.05, 0.1) is 19.3 Å². The molecule has 6 nitrogen and oxygen atoms in total. The number of rotatable bonds is 4. The quantitative estimate of drug-likeness (QED) is 0.864. The fourth-order valence-corrected chi connectivity index (χ4v) is 2.94. The first-order chi connectivity index (χ1) is 10.2. The first kappa shape index (κ1) is 14.2. The van der Waals surface area contributed by atoms with Gasteiger partial charge in [0.1, 0.15) is 0 Å². The van der Waals surface area contributed by atoms with E-state index in [9.17, 15) is 4.79 Å². The molecule has 0 spiro atoms. The Bertz CT molecular complexity index is 596. The highest BCUT2D eigenvalue weighted by atomic mass is 32.1. The lowest BCUT2D eigenvalue weighted by atomic mass is 10.2. The predicted octanol–water partition coefficient (Wildman–Crippen LogP) is 1.98. The summed E-state index contributed by atoms with van der Waals surface area (Å²) >= 11 is 1.58. The summed E-state index contributed by atoms with van der Waals surface area (Å²) in [7, 11) is 0. The van der Waals surface area contributed by atoms with E-state index in [0.29, 0.717) is 44.4 Å². The lowest BCUT2D eigenvalue weighted by molar-refractivity contribution is -0.139. The van der Waals surface area contributed by atoms with E-state index in [0.717, 1.165) is 5.56 Å². The third-order valence-electron chi connectivity index (χ3n) is 3.48. The summed E-state index contributed by atoms with van der Waals surface area (Å²) in [5.74, 6) is 1.13. The Labute approximate surface area is 126 Å². The van der Waals surface area contributed by atoms with Crippen LogP contribution >= 0.6 is 11.3 Å². The van der Waals surface area contributed by atoms with Crippen molar-refractivity contribution in [3.8, 4) is 11.5 Å². The number of thiophene rings is 1. The van der Waals surface area contributed by atoms with Gasteiger partial charge in [-0.05, 0) is 18.4 Å². The summed E-state index contributed by atoms with van der Waals surface area (Å²) in [6, 6.07) is 2.07. The van der Waals surface area contributed by atoms with Crippen molar-refractivity contribution in [3.05, 3.63) is 22.7 Å². The van der Waals surface area contributed by atoms with Crippen LogP contribution in [0.5, 0.6) is 0 Å². The van der Waals surface area contributed by atoms with Gasteiger partial charge in [0, 0.05) is 30.3 Å². The fraction of sp³-hybridized carbons (Fsp3) is 0.500. The molecule has 7 heteroatoms. The molecule has 1 aliphatic rings. The van der Waals surface area contributed by atoms with Crippen LogP contribution in [0.2, 0.25) is 0 Å². The highest BCUT2D eigenvalue weighted by molar-refractivity contribution is 7.08. The Morgan fingerprint density at radius 3 is 3.19 bits per heavy atom. The van der Waals surface area contributed by atoms with Crippen LogP contribution in [0.15, 0.2) is 21.2 Å².